The van der Waals surface area contributed by atoms with Crippen LogP contribution in [0.5, 0.6) is 0 Å². The fourth-order valence-corrected chi connectivity index (χ4v) is 2.69. The van der Waals surface area contributed by atoms with E-state index in [1.54, 1.807) is 12.1 Å². The molecular weight excluding hydrogens is 330 g/mol. The van der Waals surface area contributed by atoms with E-state index in [1.165, 1.54) is 0 Å². The van der Waals surface area contributed by atoms with Crippen molar-refractivity contribution in [1.29, 1.82) is 5.26 Å². The maximum atomic E-state index is 10.7. The number of aldehydes is 1. The molecule has 0 atom stereocenters. The van der Waals surface area contributed by atoms with Crippen LogP contribution in [-0.4, -0.2) is 6.29 Å². The monoisotopic (exact) mass is 343 g/mol. The average molecular weight is 344 g/mol. The molecule has 0 aromatic heterocycles. The van der Waals surface area contributed by atoms with Gasteiger partial charge in [0.25, 0.3) is 0 Å². The maximum Gasteiger partial charge on any atom is 0.150 e. The van der Waals surface area contributed by atoms with Crippen LogP contribution in [0.4, 0.5) is 0 Å². The highest BCUT2D eigenvalue weighted by molar-refractivity contribution is 6.31. The first-order valence-electron chi connectivity index (χ1n) is 7.73. The Morgan fingerprint density at radius 3 is 1.80 bits per heavy atom. The van der Waals surface area contributed by atoms with Gasteiger partial charge in [0.05, 0.1) is 10.6 Å². The highest BCUT2D eigenvalue weighted by Crippen LogP contribution is 2.22. The lowest BCUT2D eigenvalue weighted by Crippen LogP contribution is -1.82. The van der Waals surface area contributed by atoms with Gasteiger partial charge in [-0.1, -0.05) is 78.4 Å². The largest absolute Gasteiger partial charge is 0.298 e. The second-order valence-corrected chi connectivity index (χ2v) is 5.95. The number of carbonyl (C=O) groups is 1. The van der Waals surface area contributed by atoms with Crippen LogP contribution in [-0.2, 0) is 0 Å². The van der Waals surface area contributed by atoms with Gasteiger partial charge in [0, 0.05) is 5.56 Å². The Morgan fingerprint density at radius 2 is 1.28 bits per heavy atom. The van der Waals surface area contributed by atoms with E-state index in [0.29, 0.717) is 16.1 Å². The molecular formula is C22H14ClNO. The minimum Gasteiger partial charge on any atom is -0.298 e. The lowest BCUT2D eigenvalue weighted by molar-refractivity contribution is 0.112. The third kappa shape index (κ3) is 4.03. The van der Waals surface area contributed by atoms with Crippen molar-refractivity contribution in [3.8, 4) is 17.2 Å². The van der Waals surface area contributed by atoms with Gasteiger partial charge in [-0.15, -0.1) is 0 Å². The number of halogens is 1. The summed E-state index contributed by atoms with van der Waals surface area (Å²) in [6, 6.07) is 23.1. The third-order valence-electron chi connectivity index (χ3n) is 3.87. The summed E-state index contributed by atoms with van der Waals surface area (Å²) >= 11 is 6.04. The van der Waals surface area contributed by atoms with Crippen molar-refractivity contribution in [3.63, 3.8) is 0 Å². The lowest BCUT2D eigenvalue weighted by Gasteiger charge is -2.03. The Kier molecular flexibility index (Phi) is 5.09. The van der Waals surface area contributed by atoms with Gasteiger partial charge in [-0.25, -0.2) is 0 Å². The SMILES string of the molecule is N#Cc1ccc(C=Cc2ccc(-c3ccc(C=O)cc3)cc2)cc1Cl. The molecule has 3 heteroatoms. The Balaban J connectivity index is 1.77. The van der Waals surface area contributed by atoms with E-state index in [1.807, 2.05) is 72.8 Å². The third-order valence-corrected chi connectivity index (χ3v) is 4.19. The summed E-state index contributed by atoms with van der Waals surface area (Å²) in [5.41, 5.74) is 5.32. The number of nitriles is 1. The number of nitrogens with zero attached hydrogens (tertiary/aromatic N) is 1. The molecule has 3 aromatic carbocycles. The molecule has 0 bridgehead atoms. The van der Waals surface area contributed by atoms with E-state index in [9.17, 15) is 4.79 Å². The van der Waals surface area contributed by atoms with Gasteiger partial charge in [-0.2, -0.15) is 5.26 Å². The molecule has 0 aliphatic rings. The minimum atomic E-state index is 0.457. The van der Waals surface area contributed by atoms with Crippen molar-refractivity contribution in [1.82, 2.24) is 0 Å². The van der Waals surface area contributed by atoms with Crippen molar-refractivity contribution in [2.75, 3.05) is 0 Å². The molecule has 0 amide bonds. The van der Waals surface area contributed by atoms with Gasteiger partial charge in [0.15, 0.2) is 0 Å². The molecule has 0 spiro atoms. The first-order chi connectivity index (χ1) is 12.2. The Labute approximate surface area is 151 Å². The number of rotatable bonds is 4. The zero-order valence-corrected chi connectivity index (χ0v) is 14.1. The van der Waals surface area contributed by atoms with Gasteiger partial charge in [0.1, 0.15) is 12.4 Å². The van der Waals surface area contributed by atoms with Crippen LogP contribution in [0.3, 0.4) is 0 Å². The zero-order chi connectivity index (χ0) is 17.6. The topological polar surface area (TPSA) is 40.9 Å². The van der Waals surface area contributed by atoms with Gasteiger partial charge < -0.3 is 0 Å². The summed E-state index contributed by atoms with van der Waals surface area (Å²) in [5.74, 6) is 0. The normalized spacial score (nSPS) is 10.6. The molecule has 0 N–H and O–H groups in total. The fourth-order valence-electron chi connectivity index (χ4n) is 2.46. The summed E-state index contributed by atoms with van der Waals surface area (Å²) in [4.78, 5) is 10.7. The van der Waals surface area contributed by atoms with E-state index < -0.39 is 0 Å². The second kappa shape index (κ2) is 7.61. The molecule has 3 aromatic rings. The average Bonchev–Trinajstić information content (AvgIpc) is 2.67. The van der Waals surface area contributed by atoms with Crippen LogP contribution in [0.2, 0.25) is 5.02 Å². The maximum absolute atomic E-state index is 10.7. The molecule has 120 valence electrons. The summed E-state index contributed by atoms with van der Waals surface area (Å²) in [5, 5.41) is 9.35. The standard InChI is InChI=1S/C22H14ClNO/c23-22-13-17(5-12-21(22)14-24)2-1-16-3-8-19(9-4-16)20-10-6-18(15-25)7-11-20/h1-13,15H. The van der Waals surface area contributed by atoms with Crippen molar-refractivity contribution in [3.05, 3.63) is 94.0 Å². The van der Waals surface area contributed by atoms with Gasteiger partial charge in [-0.05, 0) is 34.4 Å². The molecule has 0 radical (unpaired) electrons. The minimum absolute atomic E-state index is 0.457. The molecule has 0 unspecified atom stereocenters. The van der Waals surface area contributed by atoms with Crippen molar-refractivity contribution in [2.24, 2.45) is 0 Å². The molecule has 0 saturated heterocycles. The van der Waals surface area contributed by atoms with Crippen molar-refractivity contribution < 1.29 is 4.79 Å². The predicted molar refractivity (Wildman–Crippen MR) is 102 cm³/mol. The number of carbonyl (C=O) groups excluding carboxylic acids is 1. The lowest BCUT2D eigenvalue weighted by atomic mass is 10.0. The molecule has 3 rings (SSSR count). The quantitative estimate of drug-likeness (QED) is 0.439. The Morgan fingerprint density at radius 1 is 0.760 bits per heavy atom. The summed E-state index contributed by atoms with van der Waals surface area (Å²) in [6.45, 7) is 0. The van der Waals surface area contributed by atoms with Crippen LogP contribution >= 0.6 is 11.6 Å². The Hall–Kier alpha value is -3.15. The molecule has 25 heavy (non-hydrogen) atoms. The molecule has 0 heterocycles. The Bertz CT molecular complexity index is 964. The molecule has 0 aliphatic carbocycles. The fraction of sp³-hybridized carbons (Fsp3) is 0. The summed E-state index contributed by atoms with van der Waals surface area (Å²) < 4.78 is 0. The first kappa shape index (κ1) is 16.7. The van der Waals surface area contributed by atoms with Gasteiger partial charge >= 0.3 is 0 Å². The van der Waals surface area contributed by atoms with E-state index >= 15 is 0 Å². The number of benzene rings is 3. The predicted octanol–water partition coefficient (Wildman–Crippen LogP) is 5.86. The van der Waals surface area contributed by atoms with Crippen LogP contribution in [0.15, 0.2) is 66.7 Å². The van der Waals surface area contributed by atoms with E-state index in [0.717, 1.165) is 28.5 Å². The number of hydrogen-bond acceptors (Lipinski definition) is 2. The molecule has 0 saturated carbocycles. The molecule has 0 aliphatic heterocycles. The molecule has 2 nitrogen and oxygen atoms in total. The highest BCUT2D eigenvalue weighted by atomic mass is 35.5. The van der Waals surface area contributed by atoms with Gasteiger partial charge in [-0.3, -0.25) is 4.79 Å². The smallest absolute Gasteiger partial charge is 0.150 e. The highest BCUT2D eigenvalue weighted by Gasteiger charge is 2.00. The first-order valence-corrected chi connectivity index (χ1v) is 8.11. The second-order valence-electron chi connectivity index (χ2n) is 5.55. The van der Waals surface area contributed by atoms with Gasteiger partial charge in [0.2, 0.25) is 0 Å². The van der Waals surface area contributed by atoms with E-state index in [4.69, 9.17) is 16.9 Å². The van der Waals surface area contributed by atoms with E-state index in [2.05, 4.69) is 0 Å². The van der Waals surface area contributed by atoms with Crippen LogP contribution < -0.4 is 0 Å². The zero-order valence-electron chi connectivity index (χ0n) is 13.3. The summed E-state index contributed by atoms with van der Waals surface area (Å²) in [6.07, 6.45) is 4.80. The van der Waals surface area contributed by atoms with E-state index in [-0.39, 0.29) is 0 Å². The summed E-state index contributed by atoms with van der Waals surface area (Å²) in [7, 11) is 0. The van der Waals surface area contributed by atoms with Crippen LogP contribution in [0.25, 0.3) is 23.3 Å². The van der Waals surface area contributed by atoms with Crippen LogP contribution in [0, 0.1) is 11.3 Å². The molecule has 0 fully saturated rings. The van der Waals surface area contributed by atoms with Crippen molar-refractivity contribution >= 4 is 30.0 Å². The van der Waals surface area contributed by atoms with Crippen molar-refractivity contribution in [2.45, 2.75) is 0 Å². The number of hydrogen-bond donors (Lipinski definition) is 0. The van der Waals surface area contributed by atoms with Crippen LogP contribution in [0.1, 0.15) is 27.0 Å².